The topological polar surface area (TPSA) is 39.1 Å². The molecule has 0 saturated carbocycles. The van der Waals surface area contributed by atoms with E-state index in [-0.39, 0.29) is 5.54 Å². The molecule has 1 heterocycles. The average molecular weight is 223 g/mol. The van der Waals surface area contributed by atoms with Crippen LogP contribution in [0.2, 0.25) is 0 Å². The molecule has 1 aliphatic rings. The number of nitriles is 1. The molecule has 0 aliphatic carbocycles. The summed E-state index contributed by atoms with van der Waals surface area (Å²) < 4.78 is 0. The Kier molecular flexibility index (Phi) is 5.24. The second-order valence-corrected chi connectivity index (χ2v) is 5.04. The van der Waals surface area contributed by atoms with Crippen molar-refractivity contribution in [3.05, 3.63) is 0 Å². The molecule has 1 aliphatic heterocycles. The monoisotopic (exact) mass is 223 g/mol. The zero-order chi connectivity index (χ0) is 12.0. The van der Waals surface area contributed by atoms with Gasteiger partial charge in [0, 0.05) is 6.04 Å². The Balaban J connectivity index is 2.27. The second-order valence-electron chi connectivity index (χ2n) is 5.04. The van der Waals surface area contributed by atoms with Crippen LogP contribution in [0.25, 0.3) is 0 Å². The Bertz CT molecular complexity index is 246. The maximum Gasteiger partial charge on any atom is 0.103 e. The zero-order valence-electron chi connectivity index (χ0n) is 10.9. The van der Waals surface area contributed by atoms with E-state index < -0.39 is 0 Å². The van der Waals surface area contributed by atoms with Crippen molar-refractivity contribution < 1.29 is 0 Å². The molecule has 0 bridgehead atoms. The summed E-state index contributed by atoms with van der Waals surface area (Å²) >= 11 is 0. The van der Waals surface area contributed by atoms with Crippen molar-refractivity contribution >= 4 is 0 Å². The first kappa shape index (κ1) is 13.5. The van der Waals surface area contributed by atoms with Gasteiger partial charge in [0.25, 0.3) is 0 Å². The fourth-order valence-electron chi connectivity index (χ4n) is 2.52. The van der Waals surface area contributed by atoms with Gasteiger partial charge in [-0.25, -0.2) is 0 Å². The van der Waals surface area contributed by atoms with Crippen LogP contribution in [0.5, 0.6) is 0 Å². The molecule has 3 nitrogen and oxygen atoms in total. The highest BCUT2D eigenvalue weighted by Gasteiger charge is 2.24. The number of likely N-dealkylation sites (tertiary alicyclic amines) is 1. The van der Waals surface area contributed by atoms with E-state index in [0.717, 1.165) is 25.4 Å². The Morgan fingerprint density at radius 3 is 2.88 bits per heavy atom. The summed E-state index contributed by atoms with van der Waals surface area (Å²) in [4.78, 5) is 2.59. The standard InChI is InChI=1S/C13H25N3/c1-4-12-7-5-9-16(12)10-6-8-13(2,11-14)15-3/h12,15H,4-10H2,1-3H3. The van der Waals surface area contributed by atoms with Gasteiger partial charge in [0.2, 0.25) is 0 Å². The molecular weight excluding hydrogens is 198 g/mol. The van der Waals surface area contributed by atoms with Gasteiger partial charge in [-0.2, -0.15) is 5.26 Å². The van der Waals surface area contributed by atoms with Crippen LogP contribution >= 0.6 is 0 Å². The van der Waals surface area contributed by atoms with Gasteiger partial charge in [-0.05, 0) is 59.2 Å². The third kappa shape index (κ3) is 3.47. The van der Waals surface area contributed by atoms with E-state index in [1.165, 1.54) is 25.8 Å². The van der Waals surface area contributed by atoms with Crippen molar-refractivity contribution in [2.24, 2.45) is 0 Å². The lowest BCUT2D eigenvalue weighted by molar-refractivity contribution is 0.236. The van der Waals surface area contributed by atoms with Gasteiger partial charge in [-0.1, -0.05) is 6.92 Å². The third-order valence-electron chi connectivity index (χ3n) is 3.89. The zero-order valence-corrected chi connectivity index (χ0v) is 10.9. The average Bonchev–Trinajstić information content (AvgIpc) is 2.76. The Labute approximate surface area is 99.8 Å². The fraction of sp³-hybridized carbons (Fsp3) is 0.923. The van der Waals surface area contributed by atoms with Crippen LogP contribution < -0.4 is 5.32 Å². The van der Waals surface area contributed by atoms with Crippen molar-refractivity contribution in [1.29, 1.82) is 5.26 Å². The molecule has 0 aromatic rings. The molecule has 1 N–H and O–H groups in total. The highest BCUT2D eigenvalue weighted by molar-refractivity contribution is 5.02. The Hall–Kier alpha value is -0.590. The molecule has 3 heteroatoms. The van der Waals surface area contributed by atoms with Gasteiger partial charge in [0.15, 0.2) is 0 Å². The van der Waals surface area contributed by atoms with Crippen molar-refractivity contribution in [2.45, 2.75) is 57.5 Å². The van der Waals surface area contributed by atoms with Crippen LogP contribution in [0.4, 0.5) is 0 Å². The van der Waals surface area contributed by atoms with E-state index in [0.29, 0.717) is 0 Å². The first-order chi connectivity index (χ1) is 7.65. The number of nitrogens with one attached hydrogen (secondary N) is 1. The SMILES string of the molecule is CCC1CCCN1CCCC(C)(C#N)NC. The van der Waals surface area contributed by atoms with Gasteiger partial charge >= 0.3 is 0 Å². The Morgan fingerprint density at radius 1 is 1.56 bits per heavy atom. The maximum absolute atomic E-state index is 9.05. The lowest BCUT2D eigenvalue weighted by Crippen LogP contribution is -2.39. The minimum Gasteiger partial charge on any atom is -0.303 e. The van der Waals surface area contributed by atoms with Gasteiger partial charge in [-0.3, -0.25) is 0 Å². The molecule has 0 spiro atoms. The van der Waals surface area contributed by atoms with Crippen LogP contribution in [-0.2, 0) is 0 Å². The molecule has 0 aromatic heterocycles. The van der Waals surface area contributed by atoms with Gasteiger partial charge in [-0.15, -0.1) is 0 Å². The molecule has 2 atom stereocenters. The summed E-state index contributed by atoms with van der Waals surface area (Å²) in [7, 11) is 1.87. The van der Waals surface area contributed by atoms with Crippen LogP contribution in [0.15, 0.2) is 0 Å². The van der Waals surface area contributed by atoms with Crippen molar-refractivity contribution in [1.82, 2.24) is 10.2 Å². The third-order valence-corrected chi connectivity index (χ3v) is 3.89. The predicted octanol–water partition coefficient (Wildman–Crippen LogP) is 2.14. The molecule has 0 aromatic carbocycles. The summed E-state index contributed by atoms with van der Waals surface area (Å²) in [5, 5.41) is 12.1. The quantitative estimate of drug-likeness (QED) is 0.750. The highest BCUT2D eigenvalue weighted by Crippen LogP contribution is 2.21. The van der Waals surface area contributed by atoms with Gasteiger partial charge in [0.1, 0.15) is 5.54 Å². The largest absolute Gasteiger partial charge is 0.303 e. The first-order valence-corrected chi connectivity index (χ1v) is 6.49. The van der Waals surface area contributed by atoms with Crippen LogP contribution in [-0.4, -0.2) is 36.6 Å². The lowest BCUT2D eigenvalue weighted by Gasteiger charge is -2.26. The predicted molar refractivity (Wildman–Crippen MR) is 67.2 cm³/mol. The minimum atomic E-state index is -0.346. The van der Waals surface area contributed by atoms with Crippen LogP contribution in [0, 0.1) is 11.3 Å². The number of hydrogen-bond acceptors (Lipinski definition) is 3. The molecular formula is C13H25N3. The number of nitrogens with zero attached hydrogens (tertiary/aromatic N) is 2. The minimum absolute atomic E-state index is 0.346. The summed E-state index contributed by atoms with van der Waals surface area (Å²) in [6, 6.07) is 3.14. The molecule has 92 valence electrons. The van der Waals surface area contributed by atoms with Gasteiger partial charge in [0.05, 0.1) is 6.07 Å². The van der Waals surface area contributed by atoms with E-state index in [9.17, 15) is 0 Å². The molecule has 2 unspecified atom stereocenters. The maximum atomic E-state index is 9.05. The molecule has 0 radical (unpaired) electrons. The van der Waals surface area contributed by atoms with E-state index in [4.69, 9.17) is 5.26 Å². The van der Waals surface area contributed by atoms with Crippen LogP contribution in [0.1, 0.15) is 46.0 Å². The van der Waals surface area contributed by atoms with Crippen LogP contribution in [0.3, 0.4) is 0 Å². The van der Waals surface area contributed by atoms with Crippen molar-refractivity contribution in [2.75, 3.05) is 20.1 Å². The van der Waals surface area contributed by atoms with E-state index >= 15 is 0 Å². The first-order valence-electron chi connectivity index (χ1n) is 6.49. The number of rotatable bonds is 6. The van der Waals surface area contributed by atoms with Crippen molar-refractivity contribution in [3.8, 4) is 6.07 Å². The molecule has 1 fully saturated rings. The second kappa shape index (κ2) is 6.22. The number of hydrogen-bond donors (Lipinski definition) is 1. The molecule has 1 rings (SSSR count). The van der Waals surface area contributed by atoms with Gasteiger partial charge < -0.3 is 10.2 Å². The lowest BCUT2D eigenvalue weighted by atomic mass is 9.98. The molecule has 0 amide bonds. The summed E-state index contributed by atoms with van der Waals surface area (Å²) in [5.74, 6) is 0. The summed E-state index contributed by atoms with van der Waals surface area (Å²) in [5.41, 5.74) is -0.346. The fourth-order valence-corrected chi connectivity index (χ4v) is 2.52. The molecule has 16 heavy (non-hydrogen) atoms. The highest BCUT2D eigenvalue weighted by atomic mass is 15.2. The summed E-state index contributed by atoms with van der Waals surface area (Å²) in [6.45, 7) is 6.66. The van der Waals surface area contributed by atoms with E-state index in [1.54, 1.807) is 0 Å². The smallest absolute Gasteiger partial charge is 0.103 e. The van der Waals surface area contributed by atoms with Crippen molar-refractivity contribution in [3.63, 3.8) is 0 Å². The normalized spacial score (nSPS) is 25.2. The molecule has 1 saturated heterocycles. The Morgan fingerprint density at radius 2 is 2.31 bits per heavy atom. The summed E-state index contributed by atoms with van der Waals surface area (Å²) in [6.07, 6.45) is 6.02. The van der Waals surface area contributed by atoms with E-state index in [1.807, 2.05) is 14.0 Å². The van der Waals surface area contributed by atoms with E-state index in [2.05, 4.69) is 23.2 Å².